The molecule has 1 aromatic carbocycles. The van der Waals surface area contributed by atoms with E-state index in [-0.39, 0.29) is 10.5 Å². The van der Waals surface area contributed by atoms with E-state index in [1.165, 1.54) is 12.1 Å². The summed E-state index contributed by atoms with van der Waals surface area (Å²) < 4.78 is 27.9. The third-order valence-electron chi connectivity index (χ3n) is 3.15. The van der Waals surface area contributed by atoms with Gasteiger partial charge in [-0.25, -0.2) is 13.6 Å². The first kappa shape index (κ1) is 13.3. The van der Waals surface area contributed by atoms with Gasteiger partial charge in [-0.3, -0.25) is 0 Å². The monoisotopic (exact) mass is 270 g/mol. The van der Waals surface area contributed by atoms with Crippen LogP contribution >= 0.6 is 0 Å². The van der Waals surface area contributed by atoms with Crippen LogP contribution in [0.25, 0.3) is 0 Å². The van der Waals surface area contributed by atoms with Crippen LogP contribution in [0.4, 0.5) is 5.69 Å². The van der Waals surface area contributed by atoms with Gasteiger partial charge in [0.05, 0.1) is 10.5 Å². The van der Waals surface area contributed by atoms with Crippen molar-refractivity contribution in [2.45, 2.75) is 30.3 Å². The SMILES string of the molecule is CC1(CNc2ccc(S(N)(=O)=O)cc2)CCCO1. The first-order valence-corrected chi connectivity index (χ1v) is 7.44. The molecule has 2 rings (SSSR count). The van der Waals surface area contributed by atoms with Crippen LogP contribution < -0.4 is 10.5 Å². The molecule has 3 N–H and O–H groups in total. The van der Waals surface area contributed by atoms with Gasteiger partial charge in [0.25, 0.3) is 0 Å². The van der Waals surface area contributed by atoms with E-state index in [1.54, 1.807) is 12.1 Å². The van der Waals surface area contributed by atoms with Crippen LogP contribution in [0.2, 0.25) is 0 Å². The quantitative estimate of drug-likeness (QED) is 0.864. The lowest BCUT2D eigenvalue weighted by Gasteiger charge is -2.24. The van der Waals surface area contributed by atoms with Crippen molar-refractivity contribution in [3.63, 3.8) is 0 Å². The van der Waals surface area contributed by atoms with Crippen molar-refractivity contribution in [2.75, 3.05) is 18.5 Å². The number of sulfonamides is 1. The smallest absolute Gasteiger partial charge is 0.238 e. The average Bonchev–Trinajstić information content (AvgIpc) is 2.74. The van der Waals surface area contributed by atoms with Gasteiger partial charge < -0.3 is 10.1 Å². The molecule has 1 aromatic rings. The Morgan fingerprint density at radius 1 is 1.39 bits per heavy atom. The van der Waals surface area contributed by atoms with Crippen LogP contribution in [0.3, 0.4) is 0 Å². The highest BCUT2D eigenvalue weighted by molar-refractivity contribution is 7.89. The molecular weight excluding hydrogens is 252 g/mol. The van der Waals surface area contributed by atoms with Gasteiger partial charge in [-0.05, 0) is 44.0 Å². The number of primary sulfonamides is 1. The fourth-order valence-corrected chi connectivity index (χ4v) is 2.54. The Bertz CT molecular complexity index is 505. The fraction of sp³-hybridized carbons (Fsp3) is 0.500. The molecule has 1 saturated heterocycles. The zero-order valence-electron chi connectivity index (χ0n) is 10.3. The predicted molar refractivity (Wildman–Crippen MR) is 69.9 cm³/mol. The maximum absolute atomic E-state index is 11.1. The van der Waals surface area contributed by atoms with Crippen molar-refractivity contribution < 1.29 is 13.2 Å². The molecular formula is C12H18N2O3S. The van der Waals surface area contributed by atoms with Crippen LogP contribution in [-0.2, 0) is 14.8 Å². The summed E-state index contributed by atoms with van der Waals surface area (Å²) in [7, 11) is -3.61. The van der Waals surface area contributed by atoms with Gasteiger partial charge >= 0.3 is 0 Å². The number of nitrogens with one attached hydrogen (secondary N) is 1. The number of rotatable bonds is 4. The summed E-state index contributed by atoms with van der Waals surface area (Å²) >= 11 is 0. The molecule has 1 atom stereocenters. The molecule has 1 fully saturated rings. The summed E-state index contributed by atoms with van der Waals surface area (Å²) in [5.74, 6) is 0. The predicted octanol–water partition coefficient (Wildman–Crippen LogP) is 1.32. The average molecular weight is 270 g/mol. The van der Waals surface area contributed by atoms with Crippen LogP contribution in [0.15, 0.2) is 29.2 Å². The molecule has 0 aliphatic carbocycles. The van der Waals surface area contributed by atoms with Crippen molar-refractivity contribution >= 4 is 15.7 Å². The van der Waals surface area contributed by atoms with E-state index in [0.29, 0.717) is 6.54 Å². The molecule has 1 aliphatic rings. The molecule has 1 heterocycles. The molecule has 6 heteroatoms. The number of hydrogen-bond donors (Lipinski definition) is 2. The number of anilines is 1. The minimum Gasteiger partial charge on any atom is -0.382 e. The topological polar surface area (TPSA) is 81.4 Å². The highest BCUT2D eigenvalue weighted by Gasteiger charge is 2.29. The van der Waals surface area contributed by atoms with E-state index >= 15 is 0 Å². The van der Waals surface area contributed by atoms with E-state index in [4.69, 9.17) is 9.88 Å². The standard InChI is InChI=1S/C12H18N2O3S/c1-12(7-2-8-17-12)9-14-10-3-5-11(6-4-10)18(13,15)16/h3-6,14H,2,7-9H2,1H3,(H2,13,15,16). The van der Waals surface area contributed by atoms with E-state index < -0.39 is 10.0 Å². The molecule has 18 heavy (non-hydrogen) atoms. The summed E-state index contributed by atoms with van der Waals surface area (Å²) in [6.07, 6.45) is 2.12. The Labute approximate surface area is 107 Å². The van der Waals surface area contributed by atoms with Crippen molar-refractivity contribution in [3.8, 4) is 0 Å². The second kappa shape index (κ2) is 4.87. The lowest BCUT2D eigenvalue weighted by Crippen LogP contribution is -2.32. The highest BCUT2D eigenvalue weighted by atomic mass is 32.2. The first-order chi connectivity index (χ1) is 8.39. The number of ether oxygens (including phenoxy) is 1. The Balaban J connectivity index is 1.98. The first-order valence-electron chi connectivity index (χ1n) is 5.90. The van der Waals surface area contributed by atoms with Gasteiger partial charge in [0.1, 0.15) is 0 Å². The molecule has 1 unspecified atom stereocenters. The maximum atomic E-state index is 11.1. The number of hydrogen-bond acceptors (Lipinski definition) is 4. The molecule has 1 aliphatic heterocycles. The molecule has 5 nitrogen and oxygen atoms in total. The van der Waals surface area contributed by atoms with E-state index in [1.807, 2.05) is 0 Å². The van der Waals surface area contributed by atoms with E-state index in [0.717, 1.165) is 25.1 Å². The largest absolute Gasteiger partial charge is 0.382 e. The molecule has 100 valence electrons. The minimum absolute atomic E-state index is 0.122. The van der Waals surface area contributed by atoms with Crippen LogP contribution in [0.1, 0.15) is 19.8 Å². The molecule has 0 spiro atoms. The van der Waals surface area contributed by atoms with Crippen molar-refractivity contribution in [1.82, 2.24) is 0 Å². The lowest BCUT2D eigenvalue weighted by molar-refractivity contribution is 0.0315. The summed E-state index contributed by atoms with van der Waals surface area (Å²) in [6, 6.07) is 6.40. The zero-order valence-corrected chi connectivity index (χ0v) is 11.2. The number of benzene rings is 1. The summed E-state index contributed by atoms with van der Waals surface area (Å²) in [5.41, 5.74) is 0.734. The van der Waals surface area contributed by atoms with Crippen molar-refractivity contribution in [3.05, 3.63) is 24.3 Å². The van der Waals surface area contributed by atoms with Gasteiger partial charge in [-0.2, -0.15) is 0 Å². The molecule has 0 radical (unpaired) electrons. The van der Waals surface area contributed by atoms with Crippen LogP contribution in [0.5, 0.6) is 0 Å². The van der Waals surface area contributed by atoms with Crippen LogP contribution in [-0.4, -0.2) is 27.2 Å². The normalized spacial score (nSPS) is 24.1. The zero-order chi connectivity index (χ0) is 13.2. The molecule has 0 amide bonds. The summed E-state index contributed by atoms with van der Waals surface area (Å²) in [4.78, 5) is 0.122. The number of nitrogens with two attached hydrogens (primary N) is 1. The van der Waals surface area contributed by atoms with Gasteiger partial charge in [0, 0.05) is 18.8 Å². The molecule has 0 aromatic heterocycles. The van der Waals surface area contributed by atoms with Gasteiger partial charge in [0.15, 0.2) is 0 Å². The van der Waals surface area contributed by atoms with Gasteiger partial charge in [0.2, 0.25) is 10.0 Å². The Morgan fingerprint density at radius 2 is 2.06 bits per heavy atom. The minimum atomic E-state index is -3.61. The van der Waals surface area contributed by atoms with Gasteiger partial charge in [-0.15, -0.1) is 0 Å². The lowest BCUT2D eigenvalue weighted by atomic mass is 10.0. The fourth-order valence-electron chi connectivity index (χ4n) is 2.03. The second-order valence-electron chi connectivity index (χ2n) is 4.82. The van der Waals surface area contributed by atoms with Crippen molar-refractivity contribution in [2.24, 2.45) is 5.14 Å². The second-order valence-corrected chi connectivity index (χ2v) is 6.39. The van der Waals surface area contributed by atoms with E-state index in [9.17, 15) is 8.42 Å². The molecule has 0 bridgehead atoms. The summed E-state index contributed by atoms with van der Waals surface area (Å²) in [5, 5.41) is 8.28. The highest BCUT2D eigenvalue weighted by Crippen LogP contribution is 2.25. The Hall–Kier alpha value is -1.11. The molecule has 0 saturated carbocycles. The maximum Gasteiger partial charge on any atom is 0.238 e. The van der Waals surface area contributed by atoms with Gasteiger partial charge in [-0.1, -0.05) is 0 Å². The summed E-state index contributed by atoms with van der Waals surface area (Å²) in [6.45, 7) is 3.59. The third-order valence-corrected chi connectivity index (χ3v) is 4.08. The Morgan fingerprint density at radius 3 is 2.56 bits per heavy atom. The van der Waals surface area contributed by atoms with Crippen LogP contribution in [0, 0.1) is 0 Å². The third kappa shape index (κ3) is 3.22. The Kier molecular flexibility index (Phi) is 3.61. The van der Waals surface area contributed by atoms with Crippen molar-refractivity contribution in [1.29, 1.82) is 0 Å². The van der Waals surface area contributed by atoms with E-state index in [2.05, 4.69) is 12.2 Å².